The van der Waals surface area contributed by atoms with Crippen LogP contribution in [0.15, 0.2) is 54.6 Å². The quantitative estimate of drug-likeness (QED) is 0.704. The van der Waals surface area contributed by atoms with Gasteiger partial charge in [-0.1, -0.05) is 18.2 Å². The van der Waals surface area contributed by atoms with E-state index < -0.39 is 0 Å². The monoisotopic (exact) mass is 184 g/mol. The molecule has 1 radical (unpaired) electrons. The molecule has 0 fully saturated rings. The summed E-state index contributed by atoms with van der Waals surface area (Å²) >= 11 is 0. The van der Waals surface area contributed by atoms with E-state index in [9.17, 15) is 0 Å². The summed E-state index contributed by atoms with van der Waals surface area (Å²) in [5.41, 5.74) is 7.81. The molecule has 0 amide bonds. The lowest BCUT2D eigenvalue weighted by Gasteiger charge is -2.04. The maximum absolute atomic E-state index is 7.32. The van der Waals surface area contributed by atoms with E-state index in [2.05, 4.69) is 0 Å². The van der Waals surface area contributed by atoms with Crippen LogP contribution in [0.25, 0.3) is 0 Å². The van der Waals surface area contributed by atoms with Gasteiger partial charge in [0.1, 0.15) is 11.5 Å². The van der Waals surface area contributed by atoms with Gasteiger partial charge in [-0.3, -0.25) is 0 Å². The first-order chi connectivity index (χ1) is 6.84. The molecule has 2 aromatic rings. The molecule has 2 nitrogen and oxygen atoms in total. The Labute approximate surface area is 82.9 Å². The minimum absolute atomic E-state index is 0.491. The molecule has 2 rings (SSSR count). The summed E-state index contributed by atoms with van der Waals surface area (Å²) in [5.74, 6) is 1.57. The summed E-state index contributed by atoms with van der Waals surface area (Å²) in [7, 11) is 0. The molecule has 0 aromatic heterocycles. The smallest absolute Gasteiger partial charge is 0.127 e. The Hall–Kier alpha value is -1.96. The molecule has 14 heavy (non-hydrogen) atoms. The van der Waals surface area contributed by atoms with Crippen molar-refractivity contribution in [2.45, 2.75) is 0 Å². The lowest BCUT2D eigenvalue weighted by atomic mass is 10.3. The molecule has 2 aromatic carbocycles. The fourth-order valence-corrected chi connectivity index (χ4v) is 1.15. The molecule has 0 atom stereocenters. The van der Waals surface area contributed by atoms with Gasteiger partial charge < -0.3 is 10.5 Å². The Balaban J connectivity index is 2.16. The summed E-state index contributed by atoms with van der Waals surface area (Å²) in [6.45, 7) is 0. The Bertz CT molecular complexity index is 394. The van der Waals surface area contributed by atoms with Crippen molar-refractivity contribution in [2.75, 3.05) is 0 Å². The third kappa shape index (κ3) is 2.04. The third-order valence-corrected chi connectivity index (χ3v) is 1.83. The van der Waals surface area contributed by atoms with Gasteiger partial charge in [-0.25, -0.2) is 0 Å². The number of rotatable bonds is 2. The molecule has 0 spiro atoms. The van der Waals surface area contributed by atoms with E-state index in [-0.39, 0.29) is 0 Å². The predicted molar refractivity (Wildman–Crippen MR) is 55.7 cm³/mol. The number of ether oxygens (including phenoxy) is 1. The summed E-state index contributed by atoms with van der Waals surface area (Å²) in [6, 6.07) is 16.6. The van der Waals surface area contributed by atoms with Crippen LogP contribution in [-0.4, -0.2) is 0 Å². The van der Waals surface area contributed by atoms with Crippen LogP contribution in [-0.2, 0) is 0 Å². The summed E-state index contributed by atoms with van der Waals surface area (Å²) < 4.78 is 5.55. The maximum Gasteiger partial charge on any atom is 0.127 e. The molecule has 69 valence electrons. The van der Waals surface area contributed by atoms with E-state index in [1.54, 1.807) is 24.3 Å². The Morgan fingerprint density at radius 3 is 1.93 bits per heavy atom. The largest absolute Gasteiger partial charge is 0.457 e. The van der Waals surface area contributed by atoms with Crippen molar-refractivity contribution in [3.05, 3.63) is 54.6 Å². The van der Waals surface area contributed by atoms with E-state index in [0.29, 0.717) is 5.69 Å². The second kappa shape index (κ2) is 3.83. The van der Waals surface area contributed by atoms with Gasteiger partial charge in [-0.2, -0.15) is 0 Å². The maximum atomic E-state index is 7.32. The molecule has 2 heteroatoms. The summed E-state index contributed by atoms with van der Waals surface area (Å²) in [6.07, 6.45) is 0. The van der Waals surface area contributed by atoms with E-state index in [1.165, 1.54) is 0 Å². The van der Waals surface area contributed by atoms with Crippen LogP contribution in [0, 0.1) is 0 Å². The third-order valence-electron chi connectivity index (χ3n) is 1.83. The minimum Gasteiger partial charge on any atom is -0.457 e. The van der Waals surface area contributed by atoms with Crippen LogP contribution in [0.1, 0.15) is 0 Å². The van der Waals surface area contributed by atoms with Gasteiger partial charge in [0.2, 0.25) is 0 Å². The van der Waals surface area contributed by atoms with Crippen LogP contribution in [0.3, 0.4) is 0 Å². The van der Waals surface area contributed by atoms with Crippen LogP contribution in [0.2, 0.25) is 0 Å². The molecule has 0 heterocycles. The Morgan fingerprint density at radius 1 is 0.714 bits per heavy atom. The first-order valence-corrected chi connectivity index (χ1v) is 4.39. The molecule has 0 aliphatic carbocycles. The minimum atomic E-state index is 0.491. The van der Waals surface area contributed by atoms with Crippen molar-refractivity contribution in [2.24, 2.45) is 0 Å². The van der Waals surface area contributed by atoms with E-state index >= 15 is 0 Å². The van der Waals surface area contributed by atoms with Crippen molar-refractivity contribution < 1.29 is 4.74 Å². The highest BCUT2D eigenvalue weighted by Gasteiger charge is 1.94. The molecule has 0 saturated heterocycles. The van der Waals surface area contributed by atoms with Crippen LogP contribution in [0.5, 0.6) is 11.5 Å². The number of benzene rings is 2. The van der Waals surface area contributed by atoms with Gasteiger partial charge in [0.15, 0.2) is 0 Å². The first kappa shape index (κ1) is 8.63. The van der Waals surface area contributed by atoms with E-state index in [1.807, 2.05) is 30.3 Å². The predicted octanol–water partition coefficient (Wildman–Crippen LogP) is 3.39. The van der Waals surface area contributed by atoms with Gasteiger partial charge in [0, 0.05) is 0 Å². The topological polar surface area (TPSA) is 33.0 Å². The van der Waals surface area contributed by atoms with Crippen LogP contribution in [0.4, 0.5) is 5.69 Å². The van der Waals surface area contributed by atoms with Crippen molar-refractivity contribution >= 4 is 5.69 Å². The molecular weight excluding hydrogens is 174 g/mol. The number of hydrogen-bond donors (Lipinski definition) is 0. The lowest BCUT2D eigenvalue weighted by molar-refractivity contribution is 0.483. The zero-order valence-electron chi connectivity index (χ0n) is 7.60. The average molecular weight is 184 g/mol. The van der Waals surface area contributed by atoms with Gasteiger partial charge >= 0.3 is 0 Å². The Morgan fingerprint density at radius 2 is 1.29 bits per heavy atom. The Kier molecular flexibility index (Phi) is 2.36. The second-order valence-corrected chi connectivity index (χ2v) is 2.94. The number of hydrogen-bond acceptors (Lipinski definition) is 1. The summed E-state index contributed by atoms with van der Waals surface area (Å²) in [4.78, 5) is 0. The van der Waals surface area contributed by atoms with Gasteiger partial charge in [0.25, 0.3) is 0 Å². The first-order valence-electron chi connectivity index (χ1n) is 4.39. The van der Waals surface area contributed by atoms with Crippen molar-refractivity contribution in [3.63, 3.8) is 0 Å². The highest BCUT2D eigenvalue weighted by Crippen LogP contribution is 2.21. The average Bonchev–Trinajstić information content (AvgIpc) is 2.23. The van der Waals surface area contributed by atoms with Crippen LogP contribution >= 0.6 is 0 Å². The zero-order valence-corrected chi connectivity index (χ0v) is 7.60. The summed E-state index contributed by atoms with van der Waals surface area (Å²) in [5, 5.41) is 0. The highest BCUT2D eigenvalue weighted by atomic mass is 16.5. The fourth-order valence-electron chi connectivity index (χ4n) is 1.15. The normalized spacial score (nSPS) is 9.71. The molecular formula is C12H10NO. The van der Waals surface area contributed by atoms with E-state index in [0.717, 1.165) is 11.5 Å². The molecule has 1 N–H and O–H groups in total. The van der Waals surface area contributed by atoms with Gasteiger partial charge in [-0.15, -0.1) is 0 Å². The number of nitrogens with one attached hydrogen (secondary N) is 1. The van der Waals surface area contributed by atoms with Gasteiger partial charge in [-0.05, 0) is 36.4 Å². The SMILES string of the molecule is [NH]c1ccc(Oc2ccccc2)cc1. The van der Waals surface area contributed by atoms with Crippen molar-refractivity contribution in [1.82, 2.24) is 5.73 Å². The molecule has 0 saturated carbocycles. The van der Waals surface area contributed by atoms with Crippen LogP contribution < -0.4 is 10.5 Å². The lowest BCUT2D eigenvalue weighted by Crippen LogP contribution is -1.82. The molecule has 0 aliphatic rings. The van der Waals surface area contributed by atoms with E-state index in [4.69, 9.17) is 10.5 Å². The molecule has 0 unspecified atom stereocenters. The van der Waals surface area contributed by atoms with Crippen molar-refractivity contribution in [3.8, 4) is 11.5 Å². The molecule has 0 aliphatic heterocycles. The number of para-hydroxylation sites is 1. The second-order valence-electron chi connectivity index (χ2n) is 2.94. The van der Waals surface area contributed by atoms with Crippen molar-refractivity contribution in [1.29, 1.82) is 0 Å². The fraction of sp³-hybridized carbons (Fsp3) is 0. The zero-order chi connectivity index (χ0) is 9.80. The van der Waals surface area contributed by atoms with Gasteiger partial charge in [0.05, 0.1) is 5.69 Å². The standard InChI is InChI=1S/C12H10NO/c13-10-6-8-12(9-7-10)14-11-4-2-1-3-5-11/h1-9,13H. The molecule has 0 bridgehead atoms. The highest BCUT2D eigenvalue weighted by molar-refractivity contribution is 5.40.